The molecule has 0 aliphatic rings. The fourth-order valence-corrected chi connectivity index (χ4v) is 24.6. The van der Waals surface area contributed by atoms with Crippen LogP contribution in [0.5, 0.6) is 0 Å². The summed E-state index contributed by atoms with van der Waals surface area (Å²) in [4.78, 5) is 3.82. The first-order chi connectivity index (χ1) is 65.1. The summed E-state index contributed by atoms with van der Waals surface area (Å²) in [5.41, 5.74) is 2.75. The molecule has 32 heteroatoms. The number of fused-ring (bicyclic) bond motifs is 18. The third-order valence-corrected chi connectivity index (χ3v) is 31.8. The van der Waals surface area contributed by atoms with Crippen LogP contribution in [0.4, 0.5) is 45.2 Å². The van der Waals surface area contributed by atoms with Gasteiger partial charge >= 0.3 is 81.7 Å². The number of alkyl halides is 9. The number of hydrogen-bond acceptors (Lipinski definition) is 13. The van der Waals surface area contributed by atoms with Gasteiger partial charge in [0, 0.05) is 70.8 Å². The molecule has 0 fully saturated rings. The Kier molecular flexibility index (Phi) is 24.6. The number of halogens is 9. The number of nitrogens with zero attached hydrogens (tertiary/aromatic N) is 14. The van der Waals surface area contributed by atoms with Crippen LogP contribution in [0.25, 0.3) is 160 Å². The van der Waals surface area contributed by atoms with Crippen LogP contribution < -0.4 is 0 Å². The van der Waals surface area contributed by atoms with E-state index in [4.69, 9.17) is 27.0 Å². The molecule has 24 rings (SSSR count). The summed E-state index contributed by atoms with van der Waals surface area (Å²) in [5.74, 6) is 0. The minimum absolute atomic E-state index is 0. The Labute approximate surface area is 855 Å². The quantitative estimate of drug-likeness (QED) is 0.0878. The molecule has 12 aromatic heterocycles. The smallest absolute Gasteiger partial charge is 0.277 e. The molecule has 24 aromatic rings. The van der Waals surface area contributed by atoms with Crippen molar-refractivity contribution in [2.24, 2.45) is 0 Å². The van der Waals surface area contributed by atoms with Crippen molar-refractivity contribution in [1.82, 2.24) is 58.7 Å². The maximum absolute atomic E-state index is 14.6. The van der Waals surface area contributed by atoms with E-state index in [0.29, 0.717) is 71.1 Å². The number of aromatic nitrogens is 12. The first-order valence-corrected chi connectivity index (χ1v) is 47.6. The average molecular weight is 2500 g/mol. The zero-order valence-corrected chi connectivity index (χ0v) is 85.9. The second kappa shape index (κ2) is 35.8. The monoisotopic (exact) mass is 2500 g/mol. The van der Waals surface area contributed by atoms with E-state index in [-0.39, 0.29) is 80.3 Å². The molecule has 694 valence electrons. The molecule has 0 spiro atoms. The van der Waals surface area contributed by atoms with E-state index in [0.717, 1.165) is 133 Å². The van der Waals surface area contributed by atoms with Gasteiger partial charge in [-0.25, -0.2) is 72.9 Å². The molecule has 0 atom stereocenters. The van der Waals surface area contributed by atoms with Crippen molar-refractivity contribution >= 4 is 195 Å². The molecular weight excluding hydrogens is 2430 g/mol. The summed E-state index contributed by atoms with van der Waals surface area (Å²) >= 11 is 9.74. The predicted octanol–water partition coefficient (Wildman–Crippen LogP) is 30.6. The maximum atomic E-state index is 14.6. The molecule has 0 unspecified atom stereocenters. The van der Waals surface area contributed by atoms with Gasteiger partial charge < -0.3 is 0 Å². The Morgan fingerprint density at radius 3 is 0.914 bits per heavy atom. The van der Waals surface area contributed by atoms with E-state index < -0.39 is 51.5 Å². The summed E-state index contributed by atoms with van der Waals surface area (Å²) in [7, 11) is 0. The van der Waals surface area contributed by atoms with Gasteiger partial charge in [0.05, 0.1) is 73.8 Å². The number of nitriles is 1. The number of rotatable bonds is 12. The molecule has 0 aliphatic carbocycles. The molecule has 0 aliphatic heterocycles. The van der Waals surface area contributed by atoms with Gasteiger partial charge in [0.25, 0.3) is 0 Å². The predicted molar refractivity (Wildman–Crippen MR) is 528 cm³/mol. The molecule has 0 N–H and O–H groups in total. The van der Waals surface area contributed by atoms with E-state index in [1.54, 1.807) is 135 Å². The molecule has 14 nitrogen and oxygen atoms in total. The van der Waals surface area contributed by atoms with Crippen LogP contribution in [-0.4, -0.2) is 58.7 Å². The van der Waals surface area contributed by atoms with E-state index >= 15 is 0 Å². The Morgan fingerprint density at radius 2 is 0.576 bits per heavy atom. The molecule has 0 amide bonds. The van der Waals surface area contributed by atoms with Gasteiger partial charge in [-0.15, -0.1) is 68.7 Å². The van der Waals surface area contributed by atoms with Crippen molar-refractivity contribution in [3.63, 3.8) is 0 Å². The van der Waals surface area contributed by atoms with Gasteiger partial charge in [-0.1, -0.05) is 119 Å². The van der Waals surface area contributed by atoms with Crippen LogP contribution in [0.2, 0.25) is 0 Å². The van der Waals surface area contributed by atoms with Gasteiger partial charge in [-0.2, -0.15) is 148 Å². The zero-order valence-electron chi connectivity index (χ0n) is 74.2. The van der Waals surface area contributed by atoms with Gasteiger partial charge in [0.1, 0.15) is 6.07 Å². The third-order valence-electron chi connectivity index (χ3n) is 25.0. The summed E-state index contributed by atoms with van der Waals surface area (Å²) in [6.45, 7) is 24.4. The fourth-order valence-electron chi connectivity index (χ4n) is 18.3. The Balaban J connectivity index is 0.000000132. The van der Waals surface area contributed by atoms with E-state index in [2.05, 4.69) is 124 Å². The summed E-state index contributed by atoms with van der Waals surface area (Å²) in [5, 5.41) is 50.5. The molecule has 0 saturated carbocycles. The molecule has 0 bridgehead atoms. The minimum atomic E-state index is -4.75. The number of thiophene rings is 6. The zero-order chi connectivity index (χ0) is 94.3. The average Bonchev–Trinajstić information content (AvgIpc) is 1.59. The van der Waals surface area contributed by atoms with Crippen LogP contribution in [0.1, 0.15) is 115 Å². The van der Waals surface area contributed by atoms with E-state index in [1.807, 2.05) is 143 Å². The third kappa shape index (κ3) is 16.8. The van der Waals surface area contributed by atoms with Gasteiger partial charge in [-0.05, 0) is 188 Å². The van der Waals surface area contributed by atoms with Crippen molar-refractivity contribution in [3.8, 4) is 40.2 Å². The fraction of sp³-hybridized carbons (Fsp3) is 0.140. The van der Waals surface area contributed by atoms with Crippen LogP contribution in [0.3, 0.4) is 0 Å². The van der Waals surface area contributed by atoms with Crippen molar-refractivity contribution in [2.45, 2.75) is 97.1 Å². The second-order valence-corrected chi connectivity index (χ2v) is 41.5. The van der Waals surface area contributed by atoms with Crippen molar-refractivity contribution < 1.29 is 103 Å². The topological polar surface area (TPSA) is 135 Å². The summed E-state index contributed by atoms with van der Waals surface area (Å²) < 4.78 is 150. The van der Waals surface area contributed by atoms with E-state index in [9.17, 15) is 44.8 Å². The molecule has 0 radical (unpaired) electrons. The van der Waals surface area contributed by atoms with Crippen LogP contribution in [0.15, 0.2) is 243 Å². The number of benzene rings is 12. The van der Waals surface area contributed by atoms with Crippen LogP contribution >= 0.6 is 68.0 Å². The van der Waals surface area contributed by atoms with Crippen molar-refractivity contribution in [1.29, 1.82) is 5.26 Å². The molecule has 139 heavy (non-hydrogen) atoms. The minimum Gasteiger partial charge on any atom is -0.277 e. The van der Waals surface area contributed by atoms with Crippen LogP contribution in [0, 0.1) is 75.1 Å². The normalized spacial score (nSPS) is 12.3. The number of aryl methyl sites for hydroxylation is 3. The molecule has 0 saturated heterocycles. The standard InChI is InChI=1S/C37H24F6N4S2.C35H23F3N4S2.C35H20N6S2.3Pt/c1-19-5-9-29-24(13-19)26-15-22(7-11-31(26)48-29)46-17-20(2)33(44-46)35(3,4)34-28(37(41,42)43)18-47(45-34)23-8-12-32-27(16-23)25-14-21(36(38,39)40)6-10-30(25)49-32;1-20-18-41(21-12-14-30-25(16-21)23-8-4-6-10-28(23)43-30)39-32(20)34(2,3)33-27(35(36,37)38)19-42(40-33)22-13-15-31-26(17-22)24-9-5-7-11-29(24)44-31;1-35(2,33-21(18-36)19-40(38-33)22-12-14-31-26(16-22)24-8-4-6-10-29(24)42-31)34-28(37-3)20-41(39-34)23-13-15-32-27(17-23)25-9-5-7-11-30(25)43-32;;;/h5-6,9-18H,1-4H3;4-11,14-19H,1-3H3;4-11,14-17,19-20H,1-2H3;;;/q3*-2;3*+2. The largest absolute Gasteiger partial charge is 2.00 e. The first-order valence-electron chi connectivity index (χ1n) is 42.7. The van der Waals surface area contributed by atoms with Gasteiger partial charge in [0.15, 0.2) is 0 Å². The van der Waals surface area contributed by atoms with E-state index in [1.165, 1.54) is 53.0 Å². The van der Waals surface area contributed by atoms with Gasteiger partial charge in [0.2, 0.25) is 5.69 Å². The first kappa shape index (κ1) is 95.5. The molecular formula is C107H67F9N14Pt3S6. The van der Waals surface area contributed by atoms with Crippen LogP contribution in [-0.2, 0) is 98.0 Å². The van der Waals surface area contributed by atoms with Gasteiger partial charge in [-0.3, -0.25) is 28.1 Å². The Morgan fingerprint density at radius 1 is 0.302 bits per heavy atom. The molecule has 12 heterocycles. The summed E-state index contributed by atoms with van der Waals surface area (Å²) in [6, 6.07) is 87.1. The Hall–Kier alpha value is -12.4. The SMILES string of the molecule is Cc1ccc2sc3c[c-]c(-n4cc(C)c(C(C)(C)c5nn(-c6[c-]cc7sc8ccc(C(F)(F)F)cc8c7c6)cc5C(F)(F)F)n4)cc3c2c1.Cc1cn(-c2[c-]cc3sc4ccccc4c3c2)nc1C(C)(C)c1nn(-c2[c-]cc3sc4ccccc4c3c2)cc1C(F)(F)F.[C-]#[N+]c1cn(-c2[c-]cc3sc4ccccc4c3c2)nc1C(C)(C)c1nn(-c2[c-]cc3sc4ccccc4c3c2)cc1C#N.[Pt+2].[Pt+2].[Pt+2]. The summed E-state index contributed by atoms with van der Waals surface area (Å²) in [6.07, 6.45) is -4.83. The maximum Gasteiger partial charge on any atom is 2.00 e. The van der Waals surface area contributed by atoms with Crippen molar-refractivity contribution in [2.75, 3.05) is 0 Å². The van der Waals surface area contributed by atoms with Crippen molar-refractivity contribution in [3.05, 3.63) is 364 Å². The Bertz CT molecular complexity index is 8970. The number of hydrogen-bond donors (Lipinski definition) is 0. The molecule has 12 aromatic carbocycles. The second-order valence-electron chi connectivity index (χ2n) is 35.0.